The first-order valence-corrected chi connectivity index (χ1v) is 10.0. The molecule has 1 aliphatic carbocycles. The van der Waals surface area contributed by atoms with E-state index in [1.807, 2.05) is 36.4 Å². The average molecular weight is 388 g/mol. The third-order valence-corrected chi connectivity index (χ3v) is 5.38. The van der Waals surface area contributed by atoms with Crippen LogP contribution in [0.5, 0.6) is 0 Å². The minimum absolute atomic E-state index is 0.0370. The molecule has 1 fully saturated rings. The topological polar surface area (TPSA) is 68.3 Å². The van der Waals surface area contributed by atoms with Crippen LogP contribution in [-0.4, -0.2) is 23.1 Å². The van der Waals surface area contributed by atoms with Crippen LogP contribution in [0.4, 0.5) is 0 Å². The summed E-state index contributed by atoms with van der Waals surface area (Å²) in [4.78, 5) is 48.0. The minimum atomic E-state index is -0.492. The first-order valence-electron chi connectivity index (χ1n) is 10.0. The van der Waals surface area contributed by atoms with Gasteiger partial charge in [0.25, 0.3) is 0 Å². The highest BCUT2D eigenvalue weighted by Crippen LogP contribution is 2.24. The van der Waals surface area contributed by atoms with E-state index in [0.717, 1.165) is 29.2 Å². The molecule has 0 atom stereocenters. The minimum Gasteiger partial charge on any atom is -0.299 e. The maximum Gasteiger partial charge on any atom is 0.162 e. The Balaban J connectivity index is 1.67. The normalized spacial score (nSPS) is 14.7. The van der Waals surface area contributed by atoms with Gasteiger partial charge in [-0.05, 0) is 35.2 Å². The van der Waals surface area contributed by atoms with E-state index >= 15 is 0 Å². The van der Waals surface area contributed by atoms with Gasteiger partial charge in [0.1, 0.15) is 17.3 Å². The van der Waals surface area contributed by atoms with Gasteiger partial charge >= 0.3 is 0 Å². The lowest BCUT2D eigenvalue weighted by Gasteiger charge is -2.18. The highest BCUT2D eigenvalue weighted by atomic mass is 16.2. The van der Waals surface area contributed by atoms with Crippen molar-refractivity contribution in [2.75, 3.05) is 0 Å². The smallest absolute Gasteiger partial charge is 0.162 e. The molecule has 0 aliphatic heterocycles. The summed E-state index contributed by atoms with van der Waals surface area (Å²) in [5.74, 6) is 1.84. The molecule has 1 saturated carbocycles. The second-order valence-corrected chi connectivity index (χ2v) is 7.73. The van der Waals surface area contributed by atoms with Crippen molar-refractivity contribution in [1.82, 2.24) is 0 Å². The predicted molar refractivity (Wildman–Crippen MR) is 112 cm³/mol. The number of terminal acetylenes is 1. The van der Waals surface area contributed by atoms with E-state index in [2.05, 4.69) is 5.92 Å². The lowest BCUT2D eigenvalue weighted by molar-refractivity contribution is -0.136. The van der Waals surface area contributed by atoms with Crippen LogP contribution in [-0.2, 0) is 20.8 Å². The van der Waals surface area contributed by atoms with Gasteiger partial charge in [0.2, 0.25) is 0 Å². The highest BCUT2D eigenvalue weighted by molar-refractivity contribution is 6.05. The molecule has 148 valence electrons. The van der Waals surface area contributed by atoms with Crippen molar-refractivity contribution >= 4 is 33.9 Å². The molecule has 0 bridgehead atoms. The summed E-state index contributed by atoms with van der Waals surface area (Å²) in [7, 11) is 0. The summed E-state index contributed by atoms with van der Waals surface area (Å²) in [6.07, 6.45) is 8.55. The van der Waals surface area contributed by atoms with Gasteiger partial charge in [0.05, 0.1) is 6.42 Å². The number of carbonyl (C=O) groups excluding carboxylic acids is 4. The van der Waals surface area contributed by atoms with Crippen molar-refractivity contribution in [3.05, 3.63) is 47.5 Å². The number of benzene rings is 2. The van der Waals surface area contributed by atoms with E-state index < -0.39 is 5.92 Å². The molecule has 4 heteroatoms. The molecular weight excluding hydrogens is 364 g/mol. The van der Waals surface area contributed by atoms with Gasteiger partial charge in [-0.2, -0.15) is 0 Å². The van der Waals surface area contributed by atoms with E-state index in [4.69, 9.17) is 6.42 Å². The number of Topliss-reactive ketones (excluding diaryl/α,β-unsaturated/α-hetero) is 4. The van der Waals surface area contributed by atoms with Crippen molar-refractivity contribution < 1.29 is 19.2 Å². The fourth-order valence-corrected chi connectivity index (χ4v) is 3.79. The summed E-state index contributed by atoms with van der Waals surface area (Å²) >= 11 is 0. The zero-order valence-electron chi connectivity index (χ0n) is 16.4. The van der Waals surface area contributed by atoms with Crippen LogP contribution in [0, 0.1) is 18.3 Å². The summed E-state index contributed by atoms with van der Waals surface area (Å²) in [5.41, 5.74) is 1.53. The van der Waals surface area contributed by atoms with E-state index in [9.17, 15) is 19.2 Å². The Bertz CT molecular complexity index is 993. The lowest BCUT2D eigenvalue weighted by Crippen LogP contribution is -2.29. The SMILES string of the molecule is C#CCCCCC(=O)c1ccc2cc(CC(=O)C3CC(=O)CC(=O)C3)ccc2c1. The molecule has 0 saturated heterocycles. The molecule has 0 N–H and O–H groups in total. The molecule has 1 aliphatic rings. The summed E-state index contributed by atoms with van der Waals surface area (Å²) in [6, 6.07) is 11.3. The molecule has 2 aromatic carbocycles. The van der Waals surface area contributed by atoms with Crippen LogP contribution in [0.15, 0.2) is 36.4 Å². The van der Waals surface area contributed by atoms with E-state index in [-0.39, 0.29) is 48.8 Å². The van der Waals surface area contributed by atoms with E-state index in [1.165, 1.54) is 0 Å². The van der Waals surface area contributed by atoms with Crippen LogP contribution >= 0.6 is 0 Å². The Morgan fingerprint density at radius 3 is 2.38 bits per heavy atom. The van der Waals surface area contributed by atoms with E-state index in [0.29, 0.717) is 18.4 Å². The molecule has 4 nitrogen and oxygen atoms in total. The number of unbranched alkanes of at least 4 members (excludes halogenated alkanes) is 2. The molecule has 0 spiro atoms. The Morgan fingerprint density at radius 2 is 1.66 bits per heavy atom. The van der Waals surface area contributed by atoms with Gasteiger partial charge in [-0.3, -0.25) is 19.2 Å². The number of hydrogen-bond acceptors (Lipinski definition) is 4. The van der Waals surface area contributed by atoms with Crippen LogP contribution in [0.1, 0.15) is 60.9 Å². The van der Waals surface area contributed by atoms with Crippen molar-refractivity contribution in [1.29, 1.82) is 0 Å². The quantitative estimate of drug-likeness (QED) is 0.293. The molecule has 0 amide bonds. The van der Waals surface area contributed by atoms with Gasteiger partial charge in [-0.1, -0.05) is 30.3 Å². The fraction of sp³-hybridized carbons (Fsp3) is 0.360. The van der Waals surface area contributed by atoms with E-state index in [1.54, 1.807) is 0 Å². The zero-order valence-corrected chi connectivity index (χ0v) is 16.4. The summed E-state index contributed by atoms with van der Waals surface area (Å²) in [5, 5.41) is 1.90. The second-order valence-electron chi connectivity index (χ2n) is 7.73. The maximum atomic E-state index is 12.5. The highest BCUT2D eigenvalue weighted by Gasteiger charge is 2.30. The Labute approximate surface area is 170 Å². The molecule has 29 heavy (non-hydrogen) atoms. The molecule has 0 radical (unpaired) electrons. The fourth-order valence-electron chi connectivity index (χ4n) is 3.79. The Morgan fingerprint density at radius 1 is 0.966 bits per heavy atom. The third-order valence-electron chi connectivity index (χ3n) is 5.38. The van der Waals surface area contributed by atoms with Gasteiger partial charge < -0.3 is 0 Å². The summed E-state index contributed by atoms with van der Waals surface area (Å²) < 4.78 is 0. The number of rotatable bonds is 8. The van der Waals surface area contributed by atoms with Crippen molar-refractivity contribution in [3.8, 4) is 12.3 Å². The van der Waals surface area contributed by atoms with Gasteiger partial charge in [-0.25, -0.2) is 0 Å². The van der Waals surface area contributed by atoms with Crippen LogP contribution < -0.4 is 0 Å². The lowest BCUT2D eigenvalue weighted by atomic mass is 9.82. The third kappa shape index (κ3) is 5.48. The molecule has 2 aromatic rings. The van der Waals surface area contributed by atoms with Crippen LogP contribution in [0.25, 0.3) is 10.8 Å². The molecule has 0 unspecified atom stereocenters. The average Bonchev–Trinajstić information content (AvgIpc) is 2.70. The van der Waals surface area contributed by atoms with Crippen molar-refractivity contribution in [3.63, 3.8) is 0 Å². The zero-order chi connectivity index (χ0) is 20.8. The first kappa shape index (κ1) is 20.7. The standard InChI is InChI=1S/C25H24O4/c1-2-3-4-5-6-24(28)20-10-9-18-11-17(7-8-19(18)13-20)12-25(29)21-14-22(26)16-23(27)15-21/h1,7-11,13,21H,3-6,12,14-16H2. The Hall–Kier alpha value is -3.06. The molecule has 0 heterocycles. The predicted octanol–water partition coefficient (Wildman–Crippen LogP) is 4.27. The summed E-state index contributed by atoms with van der Waals surface area (Å²) in [6.45, 7) is 0. The van der Waals surface area contributed by atoms with Gasteiger partial charge in [0, 0.05) is 43.6 Å². The van der Waals surface area contributed by atoms with Crippen molar-refractivity contribution in [2.24, 2.45) is 5.92 Å². The molecular formula is C25H24O4. The second kappa shape index (κ2) is 9.43. The molecule has 0 aromatic heterocycles. The number of fused-ring (bicyclic) bond motifs is 1. The van der Waals surface area contributed by atoms with Crippen LogP contribution in [0.2, 0.25) is 0 Å². The first-order chi connectivity index (χ1) is 14.0. The maximum absolute atomic E-state index is 12.5. The van der Waals surface area contributed by atoms with Gasteiger partial charge in [0.15, 0.2) is 5.78 Å². The largest absolute Gasteiger partial charge is 0.299 e. The van der Waals surface area contributed by atoms with Crippen LogP contribution in [0.3, 0.4) is 0 Å². The van der Waals surface area contributed by atoms with Gasteiger partial charge in [-0.15, -0.1) is 12.3 Å². The number of hydrogen-bond donors (Lipinski definition) is 0. The molecule has 3 rings (SSSR count). The Kier molecular flexibility index (Phi) is 6.72. The monoisotopic (exact) mass is 388 g/mol. The number of carbonyl (C=O) groups is 4. The number of ketones is 4. The van der Waals surface area contributed by atoms with Crippen molar-refractivity contribution in [2.45, 2.75) is 51.4 Å².